The second kappa shape index (κ2) is 8.09. The summed E-state index contributed by atoms with van der Waals surface area (Å²) in [7, 11) is 1.85. The molecule has 5 heteroatoms. The summed E-state index contributed by atoms with van der Waals surface area (Å²) in [6.07, 6.45) is 4.10. The molecule has 1 aromatic rings. The van der Waals surface area contributed by atoms with Crippen LogP contribution in [0.25, 0.3) is 0 Å². The van der Waals surface area contributed by atoms with Crippen molar-refractivity contribution in [3.63, 3.8) is 0 Å². The molecule has 1 aromatic carbocycles. The Morgan fingerprint density at radius 2 is 1.78 bits per heavy atom. The Hall–Kier alpha value is -1.91. The third-order valence-corrected chi connectivity index (χ3v) is 4.11. The molecule has 1 aliphatic rings. The second-order valence-corrected chi connectivity index (χ2v) is 5.97. The van der Waals surface area contributed by atoms with E-state index < -0.39 is 0 Å². The van der Waals surface area contributed by atoms with Crippen LogP contribution in [0.3, 0.4) is 0 Å². The monoisotopic (exact) mass is 320 g/mol. The van der Waals surface area contributed by atoms with Crippen LogP contribution in [0.15, 0.2) is 6.07 Å². The maximum absolute atomic E-state index is 12.8. The molecule has 0 aromatic heterocycles. The zero-order chi connectivity index (χ0) is 16.8. The molecule has 0 unspecified atom stereocenters. The molecule has 1 amide bonds. The highest BCUT2D eigenvalue weighted by Gasteiger charge is 2.26. The van der Waals surface area contributed by atoms with Gasteiger partial charge in [0.25, 0.3) is 5.91 Å². The quantitative estimate of drug-likeness (QED) is 0.807. The van der Waals surface area contributed by atoms with Crippen LogP contribution in [0.1, 0.15) is 55.5 Å². The fourth-order valence-electron chi connectivity index (χ4n) is 3.07. The predicted octanol–water partition coefficient (Wildman–Crippen LogP) is 3.51. The van der Waals surface area contributed by atoms with Gasteiger partial charge >= 0.3 is 0 Å². The summed E-state index contributed by atoms with van der Waals surface area (Å²) in [6.45, 7) is 7.21. The molecule has 0 aliphatic carbocycles. The smallest absolute Gasteiger partial charge is 0.255 e. The summed E-state index contributed by atoms with van der Waals surface area (Å²) in [4.78, 5) is 12.8. The molecular formula is C18H28N2O3. The predicted molar refractivity (Wildman–Crippen MR) is 92.8 cm³/mol. The van der Waals surface area contributed by atoms with Crippen LogP contribution in [-0.4, -0.2) is 32.2 Å². The molecular weight excluding hydrogens is 292 g/mol. The fourth-order valence-corrected chi connectivity index (χ4v) is 3.07. The highest BCUT2D eigenvalue weighted by molar-refractivity contribution is 5.99. The van der Waals surface area contributed by atoms with Crippen molar-refractivity contribution in [3.8, 4) is 11.5 Å². The van der Waals surface area contributed by atoms with Crippen LogP contribution < -0.4 is 20.1 Å². The van der Waals surface area contributed by atoms with Crippen LogP contribution in [-0.2, 0) is 0 Å². The largest absolute Gasteiger partial charge is 0.485 e. The van der Waals surface area contributed by atoms with Crippen molar-refractivity contribution in [2.75, 3.05) is 25.6 Å². The summed E-state index contributed by atoms with van der Waals surface area (Å²) < 4.78 is 11.5. The minimum Gasteiger partial charge on any atom is -0.485 e. The molecule has 2 N–H and O–H groups in total. The van der Waals surface area contributed by atoms with Crippen LogP contribution in [0.5, 0.6) is 11.5 Å². The van der Waals surface area contributed by atoms with Crippen molar-refractivity contribution < 1.29 is 14.3 Å². The number of rotatable bonds is 7. The van der Waals surface area contributed by atoms with E-state index in [0.717, 1.165) is 36.9 Å². The van der Waals surface area contributed by atoms with Crippen molar-refractivity contribution in [1.82, 2.24) is 5.32 Å². The molecule has 0 bridgehead atoms. The zero-order valence-corrected chi connectivity index (χ0v) is 14.6. The number of amides is 1. The van der Waals surface area contributed by atoms with Gasteiger partial charge in [0.2, 0.25) is 0 Å². The first kappa shape index (κ1) is 17.4. The lowest BCUT2D eigenvalue weighted by atomic mass is 10.0. The van der Waals surface area contributed by atoms with Crippen molar-refractivity contribution in [3.05, 3.63) is 17.2 Å². The van der Waals surface area contributed by atoms with E-state index >= 15 is 0 Å². The van der Waals surface area contributed by atoms with Gasteiger partial charge in [0.1, 0.15) is 13.2 Å². The van der Waals surface area contributed by atoms with E-state index in [1.54, 1.807) is 0 Å². The van der Waals surface area contributed by atoms with E-state index in [1.807, 2.05) is 20.0 Å². The van der Waals surface area contributed by atoms with Crippen molar-refractivity contribution in [1.29, 1.82) is 0 Å². The van der Waals surface area contributed by atoms with Gasteiger partial charge in [0.15, 0.2) is 11.5 Å². The fraction of sp³-hybridized carbons (Fsp3) is 0.611. The van der Waals surface area contributed by atoms with E-state index in [-0.39, 0.29) is 11.9 Å². The number of hydrogen-bond donors (Lipinski definition) is 2. The minimum absolute atomic E-state index is 0.0793. The van der Waals surface area contributed by atoms with Gasteiger partial charge in [0, 0.05) is 13.1 Å². The first-order chi connectivity index (χ1) is 11.1. The lowest BCUT2D eigenvalue weighted by Crippen LogP contribution is -2.35. The SMILES string of the molecule is CCCC(CCC)NC(=O)c1cc(C)c(NC)c2c1OCCO2. The molecule has 23 heavy (non-hydrogen) atoms. The number of carbonyl (C=O) groups is 1. The summed E-state index contributed by atoms with van der Waals surface area (Å²) >= 11 is 0. The minimum atomic E-state index is -0.0793. The molecule has 1 heterocycles. The third kappa shape index (κ3) is 3.89. The van der Waals surface area contributed by atoms with Gasteiger partial charge in [-0.05, 0) is 31.4 Å². The summed E-state index contributed by atoms with van der Waals surface area (Å²) in [5.41, 5.74) is 2.42. The Labute approximate surface area is 138 Å². The molecule has 2 rings (SSSR count). The number of benzene rings is 1. The normalized spacial score (nSPS) is 13.1. The number of aryl methyl sites for hydroxylation is 1. The molecule has 0 atom stereocenters. The van der Waals surface area contributed by atoms with Gasteiger partial charge in [-0.3, -0.25) is 4.79 Å². The van der Waals surface area contributed by atoms with Gasteiger partial charge in [0.05, 0.1) is 11.3 Å². The molecule has 128 valence electrons. The van der Waals surface area contributed by atoms with E-state index in [0.29, 0.717) is 30.3 Å². The number of hydrogen-bond acceptors (Lipinski definition) is 4. The Morgan fingerprint density at radius 3 is 2.35 bits per heavy atom. The lowest BCUT2D eigenvalue weighted by Gasteiger charge is -2.25. The van der Waals surface area contributed by atoms with Crippen LogP contribution in [0, 0.1) is 6.92 Å². The maximum Gasteiger partial charge on any atom is 0.255 e. The number of carbonyl (C=O) groups excluding carboxylic acids is 1. The number of anilines is 1. The topological polar surface area (TPSA) is 59.6 Å². The molecule has 0 spiro atoms. The Kier molecular flexibility index (Phi) is 6.13. The van der Waals surface area contributed by atoms with Crippen molar-refractivity contribution in [2.24, 2.45) is 0 Å². The number of fused-ring (bicyclic) bond motifs is 1. The Morgan fingerprint density at radius 1 is 1.17 bits per heavy atom. The average Bonchev–Trinajstić information content (AvgIpc) is 2.54. The first-order valence-electron chi connectivity index (χ1n) is 8.54. The first-order valence-corrected chi connectivity index (χ1v) is 8.54. The molecule has 0 saturated heterocycles. The molecule has 5 nitrogen and oxygen atoms in total. The zero-order valence-electron chi connectivity index (χ0n) is 14.6. The van der Waals surface area contributed by atoms with E-state index in [9.17, 15) is 4.79 Å². The summed E-state index contributed by atoms with van der Waals surface area (Å²) in [5.74, 6) is 1.12. The second-order valence-electron chi connectivity index (χ2n) is 5.97. The summed E-state index contributed by atoms with van der Waals surface area (Å²) in [6, 6.07) is 2.09. The van der Waals surface area contributed by atoms with Gasteiger partial charge in [-0.2, -0.15) is 0 Å². The third-order valence-electron chi connectivity index (χ3n) is 4.11. The maximum atomic E-state index is 12.8. The van der Waals surface area contributed by atoms with Crippen LogP contribution >= 0.6 is 0 Å². The van der Waals surface area contributed by atoms with E-state index in [2.05, 4.69) is 24.5 Å². The number of ether oxygens (including phenoxy) is 2. The average molecular weight is 320 g/mol. The van der Waals surface area contributed by atoms with Gasteiger partial charge in [-0.15, -0.1) is 0 Å². The Balaban J connectivity index is 2.31. The summed E-state index contributed by atoms with van der Waals surface area (Å²) in [5, 5.41) is 6.29. The molecule has 0 fully saturated rings. The standard InChI is InChI=1S/C18H28N2O3/c1-5-7-13(8-6-2)20-18(21)14-11-12(3)15(19-4)17-16(14)22-9-10-23-17/h11,13,19H,5-10H2,1-4H3,(H,20,21). The van der Waals surface area contributed by atoms with Crippen LogP contribution in [0.2, 0.25) is 0 Å². The van der Waals surface area contributed by atoms with Gasteiger partial charge in [-0.25, -0.2) is 0 Å². The van der Waals surface area contributed by atoms with Gasteiger partial charge in [-0.1, -0.05) is 26.7 Å². The van der Waals surface area contributed by atoms with E-state index in [1.165, 1.54) is 0 Å². The highest BCUT2D eigenvalue weighted by Crippen LogP contribution is 2.42. The lowest BCUT2D eigenvalue weighted by molar-refractivity contribution is 0.0921. The molecule has 0 saturated carbocycles. The number of nitrogens with one attached hydrogen (secondary N) is 2. The van der Waals surface area contributed by atoms with E-state index in [4.69, 9.17) is 9.47 Å². The van der Waals surface area contributed by atoms with Crippen molar-refractivity contribution in [2.45, 2.75) is 52.5 Å². The highest BCUT2D eigenvalue weighted by atomic mass is 16.6. The molecule has 0 radical (unpaired) electrons. The van der Waals surface area contributed by atoms with Crippen LogP contribution in [0.4, 0.5) is 5.69 Å². The van der Waals surface area contributed by atoms with Gasteiger partial charge < -0.3 is 20.1 Å². The Bertz CT molecular complexity index is 552. The van der Waals surface area contributed by atoms with Crippen molar-refractivity contribution >= 4 is 11.6 Å². The molecule has 1 aliphatic heterocycles.